The molecular formula is C16H21NO5. The first-order valence-electron chi connectivity index (χ1n) is 7.39. The first-order valence-corrected chi connectivity index (χ1v) is 7.39. The molecule has 3 N–H and O–H groups in total. The summed E-state index contributed by atoms with van der Waals surface area (Å²) in [7, 11) is 0. The summed E-state index contributed by atoms with van der Waals surface area (Å²) in [5.74, 6) is -1.20. The molecule has 1 atom stereocenters. The maximum absolute atomic E-state index is 12.0. The van der Waals surface area contributed by atoms with Gasteiger partial charge in [-0.1, -0.05) is 6.07 Å². The van der Waals surface area contributed by atoms with Crippen molar-refractivity contribution in [1.29, 1.82) is 0 Å². The maximum Gasteiger partial charge on any atom is 0.337 e. The van der Waals surface area contributed by atoms with Gasteiger partial charge in [0.05, 0.1) is 12.6 Å². The van der Waals surface area contributed by atoms with Gasteiger partial charge in [-0.15, -0.1) is 0 Å². The molecule has 22 heavy (non-hydrogen) atoms. The van der Waals surface area contributed by atoms with Gasteiger partial charge in [0, 0.05) is 5.56 Å². The fourth-order valence-electron chi connectivity index (χ4n) is 2.34. The number of nitrogens with one attached hydrogen (secondary N) is 1. The van der Waals surface area contributed by atoms with E-state index in [0.29, 0.717) is 11.3 Å². The van der Waals surface area contributed by atoms with Crippen LogP contribution < -0.4 is 10.1 Å². The zero-order valence-corrected chi connectivity index (χ0v) is 12.5. The predicted molar refractivity (Wildman–Crippen MR) is 79.9 cm³/mol. The van der Waals surface area contributed by atoms with E-state index in [-0.39, 0.29) is 12.6 Å². The average Bonchev–Trinajstić information content (AvgIpc) is 2.98. The van der Waals surface area contributed by atoms with Gasteiger partial charge in [-0.25, -0.2) is 4.79 Å². The Hall–Kier alpha value is -2.08. The van der Waals surface area contributed by atoms with Crippen molar-refractivity contribution in [3.05, 3.63) is 29.8 Å². The summed E-state index contributed by atoms with van der Waals surface area (Å²) in [6.07, 6.45) is 4.58. The molecule has 1 aromatic rings. The monoisotopic (exact) mass is 307 g/mol. The SMILES string of the molecule is CC(O)(CNC(=O)c1cccc(OC2CCCC2)c1)C(=O)O. The highest BCUT2D eigenvalue weighted by Crippen LogP contribution is 2.24. The topological polar surface area (TPSA) is 95.9 Å². The molecule has 1 aliphatic rings. The van der Waals surface area contributed by atoms with Crippen LogP contribution in [0.25, 0.3) is 0 Å². The summed E-state index contributed by atoms with van der Waals surface area (Å²) in [5.41, 5.74) is -1.62. The Kier molecular flexibility index (Phi) is 5.03. The van der Waals surface area contributed by atoms with Crippen LogP contribution in [0.5, 0.6) is 5.75 Å². The lowest BCUT2D eigenvalue weighted by molar-refractivity contribution is -0.155. The first-order chi connectivity index (χ1) is 10.4. The number of amides is 1. The molecule has 0 aliphatic heterocycles. The Bertz CT molecular complexity index is 549. The summed E-state index contributed by atoms with van der Waals surface area (Å²) in [6, 6.07) is 6.76. The number of carboxylic acid groups (broad SMARTS) is 1. The zero-order chi connectivity index (χ0) is 16.2. The molecule has 1 aromatic carbocycles. The molecule has 1 amide bonds. The van der Waals surface area contributed by atoms with Crippen molar-refractivity contribution in [3.8, 4) is 5.75 Å². The second-order valence-corrected chi connectivity index (χ2v) is 5.81. The van der Waals surface area contributed by atoms with Gasteiger partial charge in [0.2, 0.25) is 0 Å². The van der Waals surface area contributed by atoms with E-state index in [1.54, 1.807) is 24.3 Å². The molecule has 0 bridgehead atoms. The third-order valence-electron chi connectivity index (χ3n) is 3.76. The van der Waals surface area contributed by atoms with Gasteiger partial charge in [0.1, 0.15) is 5.75 Å². The minimum absolute atomic E-state index is 0.200. The van der Waals surface area contributed by atoms with Crippen LogP contribution in [0.1, 0.15) is 43.0 Å². The van der Waals surface area contributed by atoms with Crippen LogP contribution in [0.4, 0.5) is 0 Å². The Morgan fingerprint density at radius 2 is 2.05 bits per heavy atom. The molecule has 1 aliphatic carbocycles. The summed E-state index contributed by atoms with van der Waals surface area (Å²) in [5, 5.41) is 20.8. The van der Waals surface area contributed by atoms with Crippen LogP contribution in [0.2, 0.25) is 0 Å². The molecule has 0 spiro atoms. The number of carboxylic acids is 1. The molecule has 6 nitrogen and oxygen atoms in total. The molecular weight excluding hydrogens is 286 g/mol. The normalized spacial score (nSPS) is 17.7. The number of benzene rings is 1. The molecule has 1 fully saturated rings. The van der Waals surface area contributed by atoms with Crippen molar-refractivity contribution >= 4 is 11.9 Å². The van der Waals surface area contributed by atoms with Crippen molar-refractivity contribution in [3.63, 3.8) is 0 Å². The van der Waals surface area contributed by atoms with E-state index in [2.05, 4.69) is 5.32 Å². The summed E-state index contributed by atoms with van der Waals surface area (Å²) in [4.78, 5) is 22.8. The maximum atomic E-state index is 12.0. The molecule has 1 saturated carbocycles. The van der Waals surface area contributed by atoms with E-state index < -0.39 is 17.5 Å². The van der Waals surface area contributed by atoms with Gasteiger partial charge >= 0.3 is 5.97 Å². The minimum Gasteiger partial charge on any atom is -0.490 e. The first kappa shape index (κ1) is 16.3. The van der Waals surface area contributed by atoms with Crippen LogP contribution in [-0.4, -0.2) is 40.3 Å². The third kappa shape index (κ3) is 4.21. The van der Waals surface area contributed by atoms with Crippen LogP contribution in [0.3, 0.4) is 0 Å². The van der Waals surface area contributed by atoms with Crippen LogP contribution in [0, 0.1) is 0 Å². The van der Waals surface area contributed by atoms with Crippen LogP contribution in [0.15, 0.2) is 24.3 Å². The molecule has 0 radical (unpaired) electrons. The molecule has 2 rings (SSSR count). The van der Waals surface area contributed by atoms with Crippen molar-refractivity contribution in [2.75, 3.05) is 6.54 Å². The smallest absolute Gasteiger partial charge is 0.337 e. The number of ether oxygens (including phenoxy) is 1. The van der Waals surface area contributed by atoms with Crippen molar-refractivity contribution in [2.45, 2.75) is 44.3 Å². The fraction of sp³-hybridized carbons (Fsp3) is 0.500. The number of hydrogen-bond donors (Lipinski definition) is 3. The van der Waals surface area contributed by atoms with Gasteiger partial charge < -0.3 is 20.3 Å². The Labute approximate surface area is 129 Å². The van der Waals surface area contributed by atoms with Gasteiger partial charge in [-0.2, -0.15) is 0 Å². The van der Waals surface area contributed by atoms with E-state index >= 15 is 0 Å². The van der Waals surface area contributed by atoms with Crippen molar-refractivity contribution < 1.29 is 24.5 Å². The van der Waals surface area contributed by atoms with Crippen molar-refractivity contribution in [1.82, 2.24) is 5.32 Å². The predicted octanol–water partition coefficient (Wildman–Crippen LogP) is 1.57. The molecule has 0 heterocycles. The van der Waals surface area contributed by atoms with E-state index in [0.717, 1.165) is 32.6 Å². The number of carbonyl (C=O) groups excluding carboxylic acids is 1. The minimum atomic E-state index is -1.99. The number of aliphatic hydroxyl groups is 1. The third-order valence-corrected chi connectivity index (χ3v) is 3.76. The molecule has 6 heteroatoms. The van der Waals surface area contributed by atoms with Gasteiger partial charge in [-0.3, -0.25) is 4.79 Å². The number of rotatable bonds is 6. The van der Waals surface area contributed by atoms with Crippen molar-refractivity contribution in [2.24, 2.45) is 0 Å². The number of aliphatic carboxylic acids is 1. The summed E-state index contributed by atoms with van der Waals surface area (Å²) >= 11 is 0. The second kappa shape index (κ2) is 6.79. The molecule has 120 valence electrons. The molecule has 0 saturated heterocycles. The average molecular weight is 307 g/mol. The lowest BCUT2D eigenvalue weighted by Gasteiger charge is -2.18. The van der Waals surface area contributed by atoms with Gasteiger partial charge in [-0.05, 0) is 50.8 Å². The Balaban J connectivity index is 1.96. The van der Waals surface area contributed by atoms with E-state index in [1.807, 2.05) is 0 Å². The highest BCUT2D eigenvalue weighted by Gasteiger charge is 2.30. The zero-order valence-electron chi connectivity index (χ0n) is 12.5. The van der Waals surface area contributed by atoms with Crippen LogP contribution >= 0.6 is 0 Å². The highest BCUT2D eigenvalue weighted by molar-refractivity contribution is 5.95. The molecule has 0 aromatic heterocycles. The number of carbonyl (C=O) groups is 2. The fourth-order valence-corrected chi connectivity index (χ4v) is 2.34. The quantitative estimate of drug-likeness (QED) is 0.741. The summed E-state index contributed by atoms with van der Waals surface area (Å²) < 4.78 is 5.83. The van der Waals surface area contributed by atoms with Crippen LogP contribution in [-0.2, 0) is 4.79 Å². The van der Waals surface area contributed by atoms with E-state index in [4.69, 9.17) is 9.84 Å². The van der Waals surface area contributed by atoms with Gasteiger partial charge in [0.25, 0.3) is 5.91 Å². The second-order valence-electron chi connectivity index (χ2n) is 5.81. The molecule has 1 unspecified atom stereocenters. The lowest BCUT2D eigenvalue weighted by Crippen LogP contribution is -2.46. The summed E-state index contributed by atoms with van der Waals surface area (Å²) in [6.45, 7) is 0.768. The van der Waals surface area contributed by atoms with E-state index in [1.165, 1.54) is 0 Å². The highest BCUT2D eigenvalue weighted by atomic mass is 16.5. The van der Waals surface area contributed by atoms with Gasteiger partial charge in [0.15, 0.2) is 5.60 Å². The Morgan fingerprint density at radius 3 is 2.68 bits per heavy atom. The lowest BCUT2D eigenvalue weighted by atomic mass is 10.1. The largest absolute Gasteiger partial charge is 0.490 e. The number of hydrogen-bond acceptors (Lipinski definition) is 4. The standard InChI is InChI=1S/C16H21NO5/c1-16(21,15(19)20)10-17-14(18)11-5-4-8-13(9-11)22-12-6-2-3-7-12/h4-5,8-9,12,21H,2-3,6-7,10H2,1H3,(H,17,18)(H,19,20). The Morgan fingerprint density at radius 1 is 1.36 bits per heavy atom. The van der Waals surface area contributed by atoms with E-state index in [9.17, 15) is 14.7 Å².